The zero-order chi connectivity index (χ0) is 38.7. The molecule has 3 heterocycles. The Balaban J connectivity index is 0.00000436. The van der Waals surface area contributed by atoms with E-state index in [1.807, 2.05) is 97.1 Å². The van der Waals surface area contributed by atoms with Crippen LogP contribution in [0.5, 0.6) is 5.75 Å². The van der Waals surface area contributed by atoms with E-state index in [0.717, 1.165) is 66.5 Å². The van der Waals surface area contributed by atoms with Crippen molar-refractivity contribution in [2.24, 2.45) is 0 Å². The number of nitrogens with zero attached hydrogens (tertiary/aromatic N) is 3. The van der Waals surface area contributed by atoms with Crippen LogP contribution in [0.15, 0.2) is 174 Å². The Morgan fingerprint density at radius 2 is 1.40 bits per heavy atom. The maximum Gasteiger partial charge on any atom is 0.148 e. The van der Waals surface area contributed by atoms with Gasteiger partial charge >= 0.3 is 0 Å². The van der Waals surface area contributed by atoms with Crippen LogP contribution in [0.4, 0.5) is 0 Å². The molecule has 5 nitrogen and oxygen atoms in total. The van der Waals surface area contributed by atoms with Crippen LogP contribution in [0.25, 0.3) is 94.7 Å². The van der Waals surface area contributed by atoms with Gasteiger partial charge in [-0.1, -0.05) is 138 Å². The first-order valence-electron chi connectivity index (χ1n) is 19.2. The predicted molar refractivity (Wildman–Crippen MR) is 219 cm³/mol. The van der Waals surface area contributed by atoms with Gasteiger partial charge in [0.1, 0.15) is 17.2 Å². The van der Waals surface area contributed by atoms with Crippen molar-refractivity contribution in [1.82, 2.24) is 14.5 Å². The maximum absolute atomic E-state index is 11.2. The van der Waals surface area contributed by atoms with Crippen molar-refractivity contribution in [2.45, 2.75) is 6.85 Å². The van der Waals surface area contributed by atoms with Crippen LogP contribution >= 0.6 is 0 Å². The molecule has 0 saturated heterocycles. The van der Waals surface area contributed by atoms with E-state index in [2.05, 4.69) is 59.2 Å². The third-order valence-corrected chi connectivity index (χ3v) is 9.99. The number of imidazole rings is 1. The van der Waals surface area contributed by atoms with Crippen LogP contribution in [0, 0.1) is 12.9 Å². The number of rotatable bonds is 6. The van der Waals surface area contributed by atoms with Crippen LogP contribution in [0.2, 0.25) is 0 Å². The average Bonchev–Trinajstić information content (AvgIpc) is 3.82. The van der Waals surface area contributed by atoms with Gasteiger partial charge < -0.3 is 9.52 Å². The van der Waals surface area contributed by atoms with Crippen LogP contribution in [-0.2, 0) is 21.1 Å². The Labute approximate surface area is 336 Å². The molecule has 10 rings (SSSR count). The minimum atomic E-state index is -2.18. The molecule has 0 bridgehead atoms. The number of hydrogen-bond donors (Lipinski definition) is 1. The molecule has 0 fully saturated rings. The number of furan rings is 1. The van der Waals surface area contributed by atoms with E-state index < -0.39 is 6.85 Å². The van der Waals surface area contributed by atoms with Crippen LogP contribution in [-0.4, -0.2) is 19.6 Å². The zero-order valence-corrected chi connectivity index (χ0v) is 31.5. The van der Waals surface area contributed by atoms with Gasteiger partial charge in [-0.3, -0.25) is 9.55 Å². The largest absolute Gasteiger partial charge is 0.507 e. The van der Waals surface area contributed by atoms with Crippen molar-refractivity contribution in [2.75, 3.05) is 0 Å². The number of aromatic nitrogens is 3. The fourth-order valence-electron chi connectivity index (χ4n) is 7.44. The molecule has 10 aromatic rings. The molecule has 55 heavy (non-hydrogen) atoms. The summed E-state index contributed by atoms with van der Waals surface area (Å²) >= 11 is 0. The molecule has 1 N–H and O–H groups in total. The summed E-state index contributed by atoms with van der Waals surface area (Å²) in [6.07, 6.45) is 1.75. The van der Waals surface area contributed by atoms with Crippen LogP contribution < -0.4 is 0 Å². The zero-order valence-electron chi connectivity index (χ0n) is 32.2. The first kappa shape index (κ1) is 30.9. The Morgan fingerprint density at radius 3 is 2.24 bits per heavy atom. The smallest absolute Gasteiger partial charge is 0.148 e. The molecule has 0 aliphatic rings. The molecule has 0 unspecified atom stereocenters. The van der Waals surface area contributed by atoms with Crippen molar-refractivity contribution >= 4 is 33.0 Å². The molecule has 0 atom stereocenters. The van der Waals surface area contributed by atoms with E-state index in [9.17, 15) is 5.11 Å². The number of aryl methyl sites for hydroxylation is 1. The Bertz CT molecular complexity index is 3140. The molecule has 6 heteroatoms. The summed E-state index contributed by atoms with van der Waals surface area (Å²) in [5.74, 6) is 0.736. The number of hydrogen-bond acceptors (Lipinski definition) is 4. The second-order valence-electron chi connectivity index (χ2n) is 13.3. The first-order valence-corrected chi connectivity index (χ1v) is 17.7. The summed E-state index contributed by atoms with van der Waals surface area (Å²) in [6, 6.07) is 56.6. The van der Waals surface area contributed by atoms with Crippen LogP contribution in [0.1, 0.15) is 9.68 Å². The SMILES string of the molecule is [2H]C([2H])([2H])c1ccc(-c2ccnc(-c3[c-]c(-c4cccc5c4nc(-c4ccccc4O)n5-c4ccccc4-c4ccccc4)cc4c3oc3ccccc34)c2)cc1.[Pt]. The van der Waals surface area contributed by atoms with Gasteiger partial charge in [0.05, 0.1) is 27.9 Å². The Morgan fingerprint density at radius 1 is 0.655 bits per heavy atom. The predicted octanol–water partition coefficient (Wildman–Crippen LogP) is 12.5. The van der Waals surface area contributed by atoms with Gasteiger partial charge in [0, 0.05) is 48.0 Å². The number of pyridine rings is 1. The number of phenolic OH excluding ortho intramolecular Hbond substituents is 1. The Hall–Kier alpha value is -6.55. The minimum Gasteiger partial charge on any atom is -0.507 e. The second-order valence-corrected chi connectivity index (χ2v) is 13.3. The second kappa shape index (κ2) is 14.0. The van der Waals surface area contributed by atoms with Crippen molar-refractivity contribution in [3.8, 4) is 67.5 Å². The quantitative estimate of drug-likeness (QED) is 0.169. The summed E-state index contributed by atoms with van der Waals surface area (Å²) in [4.78, 5) is 10.2. The van der Waals surface area contributed by atoms with E-state index in [-0.39, 0.29) is 32.4 Å². The number of phenols is 1. The summed E-state index contributed by atoms with van der Waals surface area (Å²) < 4.78 is 32.1. The molecule has 0 aliphatic heterocycles. The van der Waals surface area contributed by atoms with E-state index >= 15 is 0 Å². The summed E-state index contributed by atoms with van der Waals surface area (Å²) in [6.45, 7) is -2.18. The van der Waals surface area contributed by atoms with Gasteiger partial charge in [-0.2, -0.15) is 0 Å². The van der Waals surface area contributed by atoms with E-state index in [1.54, 1.807) is 24.4 Å². The van der Waals surface area contributed by atoms with E-state index in [4.69, 9.17) is 18.5 Å². The third-order valence-electron chi connectivity index (χ3n) is 9.99. The molecule has 7 aromatic carbocycles. The van der Waals surface area contributed by atoms with E-state index in [1.165, 1.54) is 0 Å². The minimum absolute atomic E-state index is 0. The fraction of sp³-hybridized carbons (Fsp3) is 0.0204. The summed E-state index contributed by atoms with van der Waals surface area (Å²) in [7, 11) is 0. The van der Waals surface area contributed by atoms with Gasteiger partial charge in [-0.15, -0.1) is 17.7 Å². The maximum atomic E-state index is 11.2. The van der Waals surface area contributed by atoms with Crippen molar-refractivity contribution < 1.29 is 34.7 Å². The molecular weight excluding hydrogens is 858 g/mol. The Kier molecular flexibility index (Phi) is 7.87. The summed E-state index contributed by atoms with van der Waals surface area (Å²) in [5.41, 5.74) is 11.7. The van der Waals surface area contributed by atoms with Gasteiger partial charge in [-0.25, -0.2) is 4.98 Å². The van der Waals surface area contributed by atoms with E-state index in [0.29, 0.717) is 28.2 Å². The summed E-state index contributed by atoms with van der Waals surface area (Å²) in [5, 5.41) is 13.1. The van der Waals surface area contributed by atoms with Crippen molar-refractivity contribution in [3.05, 3.63) is 182 Å². The number of aromatic hydroxyl groups is 1. The van der Waals surface area contributed by atoms with Gasteiger partial charge in [0.2, 0.25) is 0 Å². The number of para-hydroxylation sites is 4. The molecule has 0 radical (unpaired) electrons. The molecule has 3 aromatic heterocycles. The standard InChI is InChI=1S/C49H32N3O2.Pt/c1-31-22-24-32(25-23-31)34-26-27-50-42(30-34)41-29-35(28-40-38-15-7-10-21-46(38)54-48(40)41)37-17-11-19-44-47(37)51-49(39-16-6-9-20-45(39)53)52(44)43-18-8-5-14-36(43)33-12-3-2-4-13-33;/h2-28,30,53H,1H3;/q-1;/i1D3;. The van der Waals surface area contributed by atoms with Crippen molar-refractivity contribution in [3.63, 3.8) is 0 Å². The fourth-order valence-corrected chi connectivity index (χ4v) is 7.44. The molecule has 0 amide bonds. The number of fused-ring (bicyclic) bond motifs is 4. The normalized spacial score (nSPS) is 12.3. The molecule has 0 spiro atoms. The van der Waals surface area contributed by atoms with Gasteiger partial charge in [-0.05, 0) is 65.3 Å². The average molecular weight is 893 g/mol. The third kappa shape index (κ3) is 5.94. The molecule has 0 saturated carbocycles. The topological polar surface area (TPSA) is 64.1 Å². The molecule has 266 valence electrons. The van der Waals surface area contributed by atoms with Gasteiger partial charge in [0.25, 0.3) is 0 Å². The van der Waals surface area contributed by atoms with Crippen LogP contribution in [0.3, 0.4) is 0 Å². The molecule has 0 aliphatic carbocycles. The van der Waals surface area contributed by atoms with Crippen molar-refractivity contribution in [1.29, 1.82) is 0 Å². The monoisotopic (exact) mass is 892 g/mol. The number of benzene rings is 7. The van der Waals surface area contributed by atoms with Gasteiger partial charge in [0.15, 0.2) is 0 Å². The first-order chi connectivity index (χ1) is 27.8. The molecular formula is C49H32N3O2Pt-.